The molecule has 0 aliphatic carbocycles. The second kappa shape index (κ2) is 6.81. The second-order valence-corrected chi connectivity index (χ2v) is 7.69. The molecule has 0 aromatic carbocycles. The van der Waals surface area contributed by atoms with Gasteiger partial charge in [0, 0.05) is 19.0 Å². The summed E-state index contributed by atoms with van der Waals surface area (Å²) in [6.07, 6.45) is -0.578. The van der Waals surface area contributed by atoms with Crippen LogP contribution in [0.5, 0.6) is 0 Å². The Morgan fingerprint density at radius 1 is 1.26 bits per heavy atom. The van der Waals surface area contributed by atoms with Gasteiger partial charge in [-0.25, -0.2) is 0 Å². The van der Waals surface area contributed by atoms with E-state index < -0.39 is 9.96 Å². The summed E-state index contributed by atoms with van der Waals surface area (Å²) in [5, 5.41) is 2.80. The van der Waals surface area contributed by atoms with Crippen molar-refractivity contribution in [3.63, 3.8) is 0 Å². The Hall–Kier alpha value is 0.260. The number of nitrogens with one attached hydrogen (secondary N) is 1. The Bertz CT molecular complexity index is 311. The van der Waals surface area contributed by atoms with Crippen LogP contribution in [0.15, 0.2) is 0 Å². The van der Waals surface area contributed by atoms with E-state index in [2.05, 4.69) is 5.32 Å². The number of nitrogens with zero attached hydrogens (tertiary/aromatic N) is 1. The van der Waals surface area contributed by atoms with E-state index in [4.69, 9.17) is 39.5 Å². The third kappa shape index (κ3) is 5.27. The van der Waals surface area contributed by atoms with Crippen molar-refractivity contribution < 1.29 is 9.53 Å². The number of halogens is 3. The number of amides is 1. The summed E-state index contributed by atoms with van der Waals surface area (Å²) in [6, 6.07) is 0. The van der Waals surface area contributed by atoms with Crippen molar-refractivity contribution in [3.8, 4) is 0 Å². The number of morpholine rings is 1. The molecule has 0 spiro atoms. The Kier molecular flexibility index (Phi) is 6.21. The lowest BCUT2D eigenvalue weighted by atomic mass is 10.2. The molecule has 3 unspecified atom stereocenters. The van der Waals surface area contributed by atoms with Gasteiger partial charge in [0.15, 0.2) is 0 Å². The Balaban J connectivity index is 2.82. The molecule has 1 saturated heterocycles. The van der Waals surface area contributed by atoms with Gasteiger partial charge >= 0.3 is 0 Å². The largest absolute Gasteiger partial charge is 0.373 e. The third-order valence-corrected chi connectivity index (χ3v) is 3.55. The van der Waals surface area contributed by atoms with Crippen LogP contribution >= 0.6 is 34.8 Å². The standard InChI is InChI=1S/C12H21Cl3N2O2/c1-7(2)10(18)16-11(12(13,14)15)17-5-8(3)19-9(4)6-17/h7-9,11H,5-6H2,1-4H3,(H,16,18). The van der Waals surface area contributed by atoms with Crippen molar-refractivity contribution in [2.24, 2.45) is 5.92 Å². The molecule has 19 heavy (non-hydrogen) atoms. The van der Waals surface area contributed by atoms with Gasteiger partial charge in [0.1, 0.15) is 6.17 Å². The van der Waals surface area contributed by atoms with E-state index in [1.807, 2.05) is 18.7 Å². The third-order valence-electron chi connectivity index (χ3n) is 2.93. The predicted molar refractivity (Wildman–Crippen MR) is 78.6 cm³/mol. The number of hydrogen-bond donors (Lipinski definition) is 1. The zero-order chi connectivity index (χ0) is 14.8. The molecule has 1 fully saturated rings. The predicted octanol–water partition coefficient (Wildman–Crippen LogP) is 2.56. The molecule has 1 aliphatic rings. The maximum atomic E-state index is 11.9. The van der Waals surface area contributed by atoms with E-state index in [1.165, 1.54) is 0 Å². The molecule has 0 aromatic rings. The van der Waals surface area contributed by atoms with Crippen molar-refractivity contribution >= 4 is 40.7 Å². The Morgan fingerprint density at radius 3 is 2.11 bits per heavy atom. The summed E-state index contributed by atoms with van der Waals surface area (Å²) in [5.41, 5.74) is 0. The summed E-state index contributed by atoms with van der Waals surface area (Å²) in [7, 11) is 0. The van der Waals surface area contributed by atoms with Crippen LogP contribution in [0.3, 0.4) is 0 Å². The summed E-state index contributed by atoms with van der Waals surface area (Å²) >= 11 is 18.0. The fourth-order valence-electron chi connectivity index (χ4n) is 2.11. The van der Waals surface area contributed by atoms with Gasteiger partial charge < -0.3 is 10.1 Å². The SMILES string of the molecule is CC1CN(C(NC(=O)C(C)C)C(Cl)(Cl)Cl)CC(C)O1. The minimum atomic E-state index is -1.58. The van der Waals surface area contributed by atoms with Crippen LogP contribution < -0.4 is 5.32 Å². The van der Waals surface area contributed by atoms with E-state index in [-0.39, 0.29) is 24.0 Å². The highest BCUT2D eigenvalue weighted by atomic mass is 35.6. The summed E-state index contributed by atoms with van der Waals surface area (Å²) in [5.74, 6) is -0.297. The number of carbonyl (C=O) groups is 1. The zero-order valence-electron chi connectivity index (χ0n) is 11.6. The molecule has 4 nitrogen and oxygen atoms in total. The van der Waals surface area contributed by atoms with Gasteiger partial charge in [0.05, 0.1) is 12.2 Å². The smallest absolute Gasteiger partial charge is 0.223 e. The van der Waals surface area contributed by atoms with Crippen LogP contribution in [0.4, 0.5) is 0 Å². The maximum Gasteiger partial charge on any atom is 0.223 e. The monoisotopic (exact) mass is 330 g/mol. The molecule has 7 heteroatoms. The van der Waals surface area contributed by atoms with Crippen LogP contribution in [0, 0.1) is 5.92 Å². The van der Waals surface area contributed by atoms with E-state index in [0.717, 1.165) is 0 Å². The second-order valence-electron chi connectivity index (χ2n) is 5.32. The molecule has 1 amide bonds. The number of rotatable bonds is 3. The average Bonchev–Trinajstić information content (AvgIpc) is 2.21. The first kappa shape index (κ1) is 17.3. The molecule has 0 aromatic heterocycles. The van der Waals surface area contributed by atoms with Crippen LogP contribution in [-0.2, 0) is 9.53 Å². The zero-order valence-corrected chi connectivity index (χ0v) is 13.9. The van der Waals surface area contributed by atoms with Crippen molar-refractivity contribution in [1.29, 1.82) is 0 Å². The van der Waals surface area contributed by atoms with E-state index in [0.29, 0.717) is 13.1 Å². The molecule has 0 bridgehead atoms. The normalized spacial score (nSPS) is 27.4. The Labute approximate surface area is 129 Å². The highest BCUT2D eigenvalue weighted by Gasteiger charge is 2.41. The van der Waals surface area contributed by atoms with Crippen LogP contribution in [-0.4, -0.2) is 46.1 Å². The quantitative estimate of drug-likeness (QED) is 0.808. The van der Waals surface area contributed by atoms with Crippen LogP contribution in [0.2, 0.25) is 0 Å². The number of ether oxygens (including phenoxy) is 1. The van der Waals surface area contributed by atoms with E-state index >= 15 is 0 Å². The lowest BCUT2D eigenvalue weighted by molar-refractivity contribution is -0.129. The maximum absolute atomic E-state index is 11.9. The first-order valence-corrected chi connectivity index (χ1v) is 7.51. The average molecular weight is 332 g/mol. The van der Waals surface area contributed by atoms with Gasteiger partial charge in [-0.1, -0.05) is 48.7 Å². The molecular weight excluding hydrogens is 311 g/mol. The first-order valence-electron chi connectivity index (χ1n) is 6.38. The molecular formula is C12H21Cl3N2O2. The summed E-state index contributed by atoms with van der Waals surface area (Å²) in [4.78, 5) is 13.8. The summed E-state index contributed by atoms with van der Waals surface area (Å²) in [6.45, 7) is 8.75. The topological polar surface area (TPSA) is 41.6 Å². The fraction of sp³-hybridized carbons (Fsp3) is 0.917. The first-order chi connectivity index (χ1) is 8.61. The molecule has 1 aliphatic heterocycles. The van der Waals surface area contributed by atoms with E-state index in [1.54, 1.807) is 13.8 Å². The van der Waals surface area contributed by atoms with Gasteiger partial charge in [0.2, 0.25) is 9.70 Å². The highest BCUT2D eigenvalue weighted by Crippen LogP contribution is 2.33. The number of carbonyl (C=O) groups excluding carboxylic acids is 1. The minimum absolute atomic E-state index is 0.0366. The van der Waals surface area contributed by atoms with Crippen molar-refractivity contribution in [2.75, 3.05) is 13.1 Å². The van der Waals surface area contributed by atoms with E-state index in [9.17, 15) is 4.79 Å². The Morgan fingerprint density at radius 2 is 1.74 bits per heavy atom. The van der Waals surface area contributed by atoms with Crippen LogP contribution in [0.25, 0.3) is 0 Å². The molecule has 1 heterocycles. The molecule has 1 rings (SSSR count). The van der Waals surface area contributed by atoms with Gasteiger partial charge in [-0.3, -0.25) is 9.69 Å². The minimum Gasteiger partial charge on any atom is -0.373 e. The lowest BCUT2D eigenvalue weighted by Gasteiger charge is -2.42. The molecule has 0 radical (unpaired) electrons. The van der Waals surface area contributed by atoms with Gasteiger partial charge in [-0.15, -0.1) is 0 Å². The lowest BCUT2D eigenvalue weighted by Crippen LogP contribution is -2.61. The molecule has 3 atom stereocenters. The van der Waals surface area contributed by atoms with Gasteiger partial charge in [-0.2, -0.15) is 0 Å². The molecule has 112 valence electrons. The number of alkyl halides is 3. The molecule has 0 saturated carbocycles. The van der Waals surface area contributed by atoms with Gasteiger partial charge in [-0.05, 0) is 13.8 Å². The summed E-state index contributed by atoms with van der Waals surface area (Å²) < 4.78 is 4.07. The van der Waals surface area contributed by atoms with Crippen molar-refractivity contribution in [2.45, 2.75) is 49.9 Å². The number of hydrogen-bond acceptors (Lipinski definition) is 3. The van der Waals surface area contributed by atoms with Crippen LogP contribution in [0.1, 0.15) is 27.7 Å². The van der Waals surface area contributed by atoms with Crippen molar-refractivity contribution in [3.05, 3.63) is 0 Å². The highest BCUT2D eigenvalue weighted by molar-refractivity contribution is 6.68. The fourth-order valence-corrected chi connectivity index (χ4v) is 2.69. The van der Waals surface area contributed by atoms with Crippen molar-refractivity contribution in [1.82, 2.24) is 10.2 Å². The van der Waals surface area contributed by atoms with Gasteiger partial charge in [0.25, 0.3) is 0 Å². The molecule has 1 N–H and O–H groups in total.